The van der Waals surface area contributed by atoms with Gasteiger partial charge in [-0.25, -0.2) is 4.63 Å². The molecule has 2 heterocycles. The molecule has 0 radical (unpaired) electrons. The molecule has 6 heteroatoms. The number of amides is 1. The number of hydrogen-bond acceptors (Lipinski definition) is 5. The number of nitrogens with one attached hydrogen (secondary N) is 1. The maximum absolute atomic E-state index is 12.1. The summed E-state index contributed by atoms with van der Waals surface area (Å²) in [5.74, 6) is 1.32. The van der Waals surface area contributed by atoms with Crippen LogP contribution in [0.4, 0.5) is 5.69 Å². The van der Waals surface area contributed by atoms with Gasteiger partial charge < -0.3 is 9.73 Å². The van der Waals surface area contributed by atoms with Gasteiger partial charge in [0.15, 0.2) is 5.52 Å². The molecule has 0 bridgehead atoms. The van der Waals surface area contributed by atoms with E-state index in [1.165, 1.54) is 6.08 Å². The largest absolute Gasteiger partial charge is 0.461 e. The Balaban J connectivity index is 1.79. The zero-order valence-corrected chi connectivity index (χ0v) is 12.3. The van der Waals surface area contributed by atoms with Gasteiger partial charge in [0, 0.05) is 12.5 Å². The minimum atomic E-state index is -0.262. The van der Waals surface area contributed by atoms with Crippen LogP contribution in [0.3, 0.4) is 0 Å². The van der Waals surface area contributed by atoms with Gasteiger partial charge in [-0.05, 0) is 47.1 Å². The Bertz CT molecular complexity index is 845. The molecule has 3 aromatic rings. The van der Waals surface area contributed by atoms with Gasteiger partial charge in [-0.2, -0.15) is 0 Å². The Hall–Kier alpha value is -2.89. The molecule has 0 aliphatic carbocycles. The summed E-state index contributed by atoms with van der Waals surface area (Å²) in [7, 11) is 0. The monoisotopic (exact) mass is 297 g/mol. The van der Waals surface area contributed by atoms with Crippen LogP contribution in [-0.4, -0.2) is 16.2 Å². The Morgan fingerprint density at radius 1 is 1.27 bits per heavy atom. The minimum absolute atomic E-state index is 0.262. The maximum Gasteiger partial charge on any atom is 0.248 e. The fourth-order valence-electron chi connectivity index (χ4n) is 2.12. The molecule has 0 fully saturated rings. The standard InChI is InChI=1S/C16H15N3O3/c1-3-11-7-8-14(21-11)10(2)9-15(20)17-12-5-4-6-13-16(12)19-22-18-13/h4-9H,3H2,1-2H3,(H,17,20). The van der Waals surface area contributed by atoms with Crippen LogP contribution in [0.15, 0.2) is 45.5 Å². The molecule has 0 atom stereocenters. The third-order valence-electron chi connectivity index (χ3n) is 3.29. The quantitative estimate of drug-likeness (QED) is 0.746. The number of fused-ring (bicyclic) bond motifs is 1. The van der Waals surface area contributed by atoms with E-state index in [4.69, 9.17) is 4.42 Å². The van der Waals surface area contributed by atoms with E-state index in [1.54, 1.807) is 18.2 Å². The number of carbonyl (C=O) groups excluding carboxylic acids is 1. The molecule has 3 rings (SSSR count). The highest BCUT2D eigenvalue weighted by Gasteiger charge is 2.09. The second kappa shape index (κ2) is 5.85. The van der Waals surface area contributed by atoms with Gasteiger partial charge in [-0.3, -0.25) is 4.79 Å². The first-order valence-corrected chi connectivity index (χ1v) is 6.97. The second-order valence-electron chi connectivity index (χ2n) is 4.87. The Morgan fingerprint density at radius 3 is 2.91 bits per heavy atom. The first kappa shape index (κ1) is 14.1. The normalized spacial score (nSPS) is 11.8. The summed E-state index contributed by atoms with van der Waals surface area (Å²) >= 11 is 0. The van der Waals surface area contributed by atoms with Crippen LogP contribution in [0.1, 0.15) is 25.4 Å². The van der Waals surface area contributed by atoms with E-state index < -0.39 is 0 Å². The number of rotatable bonds is 4. The summed E-state index contributed by atoms with van der Waals surface area (Å²) in [6.07, 6.45) is 2.31. The predicted octanol–water partition coefficient (Wildman–Crippen LogP) is 3.42. The summed E-state index contributed by atoms with van der Waals surface area (Å²) in [6, 6.07) is 9.05. The first-order valence-electron chi connectivity index (χ1n) is 6.97. The van der Waals surface area contributed by atoms with Gasteiger partial charge in [0.25, 0.3) is 0 Å². The fourth-order valence-corrected chi connectivity index (χ4v) is 2.12. The van der Waals surface area contributed by atoms with E-state index in [-0.39, 0.29) is 5.91 Å². The molecule has 112 valence electrons. The molecule has 2 aromatic heterocycles. The average molecular weight is 297 g/mol. The Kier molecular flexibility index (Phi) is 3.74. The van der Waals surface area contributed by atoms with Crippen molar-refractivity contribution in [1.29, 1.82) is 0 Å². The van der Waals surface area contributed by atoms with Crippen LogP contribution >= 0.6 is 0 Å². The Morgan fingerprint density at radius 2 is 2.14 bits per heavy atom. The molecule has 0 spiro atoms. The van der Waals surface area contributed by atoms with E-state index >= 15 is 0 Å². The highest BCUT2D eigenvalue weighted by Crippen LogP contribution is 2.21. The van der Waals surface area contributed by atoms with E-state index in [2.05, 4.69) is 20.3 Å². The predicted molar refractivity (Wildman–Crippen MR) is 82.2 cm³/mol. The van der Waals surface area contributed by atoms with Crippen molar-refractivity contribution in [1.82, 2.24) is 10.3 Å². The van der Waals surface area contributed by atoms with Crippen molar-refractivity contribution in [3.05, 3.63) is 47.9 Å². The van der Waals surface area contributed by atoms with Crippen LogP contribution in [0, 0.1) is 0 Å². The van der Waals surface area contributed by atoms with Gasteiger partial charge in [-0.1, -0.05) is 13.0 Å². The highest BCUT2D eigenvalue weighted by molar-refractivity contribution is 6.07. The lowest BCUT2D eigenvalue weighted by Crippen LogP contribution is -2.08. The molecule has 0 aliphatic rings. The fraction of sp³-hybridized carbons (Fsp3) is 0.188. The highest BCUT2D eigenvalue weighted by atomic mass is 16.6. The molecule has 1 aromatic carbocycles. The summed E-state index contributed by atoms with van der Waals surface area (Å²) in [5, 5.41) is 10.3. The second-order valence-corrected chi connectivity index (χ2v) is 4.87. The third kappa shape index (κ3) is 2.76. The van der Waals surface area contributed by atoms with Crippen LogP contribution in [0.5, 0.6) is 0 Å². The summed E-state index contributed by atoms with van der Waals surface area (Å²) < 4.78 is 10.3. The molecule has 1 amide bonds. The Labute approximate surface area is 126 Å². The number of aryl methyl sites for hydroxylation is 1. The van der Waals surface area contributed by atoms with Gasteiger partial charge >= 0.3 is 0 Å². The van der Waals surface area contributed by atoms with E-state index in [1.807, 2.05) is 26.0 Å². The third-order valence-corrected chi connectivity index (χ3v) is 3.29. The molecular formula is C16H15N3O3. The molecule has 0 saturated carbocycles. The summed E-state index contributed by atoms with van der Waals surface area (Å²) in [6.45, 7) is 3.84. The summed E-state index contributed by atoms with van der Waals surface area (Å²) in [5.41, 5.74) is 2.43. The van der Waals surface area contributed by atoms with Crippen molar-refractivity contribution in [2.24, 2.45) is 0 Å². The molecule has 0 saturated heterocycles. The topological polar surface area (TPSA) is 81.2 Å². The van der Waals surface area contributed by atoms with Crippen LogP contribution in [0.25, 0.3) is 16.6 Å². The van der Waals surface area contributed by atoms with Crippen molar-refractivity contribution in [2.45, 2.75) is 20.3 Å². The van der Waals surface area contributed by atoms with Crippen molar-refractivity contribution in [3.8, 4) is 0 Å². The van der Waals surface area contributed by atoms with Crippen LogP contribution in [-0.2, 0) is 11.2 Å². The van der Waals surface area contributed by atoms with Crippen molar-refractivity contribution in [3.63, 3.8) is 0 Å². The first-order chi connectivity index (χ1) is 10.7. The average Bonchev–Trinajstić information content (AvgIpc) is 3.16. The zero-order valence-electron chi connectivity index (χ0n) is 12.3. The molecule has 0 unspecified atom stereocenters. The van der Waals surface area contributed by atoms with Crippen molar-refractivity contribution >= 4 is 28.2 Å². The lowest BCUT2D eigenvalue weighted by atomic mass is 10.2. The number of benzene rings is 1. The van der Waals surface area contributed by atoms with Crippen molar-refractivity contribution < 1.29 is 13.8 Å². The SMILES string of the molecule is CCc1ccc(C(C)=CC(=O)Nc2cccc3nonc23)o1. The van der Waals surface area contributed by atoms with Gasteiger partial charge in [-0.15, -0.1) is 0 Å². The number of carbonyl (C=O) groups is 1. The van der Waals surface area contributed by atoms with E-state index in [9.17, 15) is 4.79 Å². The number of allylic oxidation sites excluding steroid dienone is 1. The smallest absolute Gasteiger partial charge is 0.248 e. The minimum Gasteiger partial charge on any atom is -0.461 e. The maximum atomic E-state index is 12.1. The summed E-state index contributed by atoms with van der Waals surface area (Å²) in [4.78, 5) is 12.1. The van der Waals surface area contributed by atoms with Gasteiger partial charge in [0.2, 0.25) is 5.91 Å². The molecule has 6 nitrogen and oxygen atoms in total. The molecule has 22 heavy (non-hydrogen) atoms. The number of hydrogen-bond donors (Lipinski definition) is 1. The van der Waals surface area contributed by atoms with Gasteiger partial charge in [0.1, 0.15) is 17.0 Å². The van der Waals surface area contributed by atoms with E-state index in [0.29, 0.717) is 22.5 Å². The lowest BCUT2D eigenvalue weighted by molar-refractivity contribution is -0.111. The number of aromatic nitrogens is 2. The van der Waals surface area contributed by atoms with Crippen LogP contribution in [0.2, 0.25) is 0 Å². The zero-order chi connectivity index (χ0) is 15.5. The van der Waals surface area contributed by atoms with E-state index in [0.717, 1.165) is 17.8 Å². The number of anilines is 1. The molecule has 0 aliphatic heterocycles. The number of nitrogens with zero attached hydrogens (tertiary/aromatic N) is 2. The van der Waals surface area contributed by atoms with Gasteiger partial charge in [0.05, 0.1) is 5.69 Å². The lowest BCUT2D eigenvalue weighted by Gasteiger charge is -2.02. The number of furan rings is 1. The molecule has 1 N–H and O–H groups in total. The molecular weight excluding hydrogens is 282 g/mol. The van der Waals surface area contributed by atoms with Crippen LogP contribution < -0.4 is 5.32 Å². The van der Waals surface area contributed by atoms with Crippen molar-refractivity contribution in [2.75, 3.05) is 5.32 Å².